The van der Waals surface area contributed by atoms with Crippen molar-refractivity contribution in [3.63, 3.8) is 0 Å². The van der Waals surface area contributed by atoms with Crippen LogP contribution in [0.1, 0.15) is 26.7 Å². The van der Waals surface area contributed by atoms with Crippen molar-refractivity contribution in [3.05, 3.63) is 0 Å². The lowest BCUT2D eigenvalue weighted by Gasteiger charge is -2.35. The number of carboxylic acids is 1. The number of nitrogens with one attached hydrogen (secondary N) is 1. The minimum atomic E-state index is -3.95. The summed E-state index contributed by atoms with van der Waals surface area (Å²) in [6.45, 7) is 3.63. The Labute approximate surface area is 118 Å². The lowest BCUT2D eigenvalue weighted by molar-refractivity contribution is -0.143. The predicted octanol–water partition coefficient (Wildman–Crippen LogP) is -0.762. The van der Waals surface area contributed by atoms with E-state index in [0.717, 1.165) is 4.31 Å². The number of carbonyl (C=O) groups is 2. The number of nitrogens with zero attached hydrogens (tertiary/aromatic N) is 2. The lowest BCUT2D eigenvalue weighted by Crippen LogP contribution is -2.61. The van der Waals surface area contributed by atoms with Crippen molar-refractivity contribution in [2.45, 2.75) is 32.7 Å². The van der Waals surface area contributed by atoms with Crippen molar-refractivity contribution in [1.29, 1.82) is 0 Å². The lowest BCUT2D eigenvalue weighted by atomic mass is 10.2. The summed E-state index contributed by atoms with van der Waals surface area (Å²) < 4.78 is 27.1. The van der Waals surface area contributed by atoms with Crippen molar-refractivity contribution >= 4 is 22.1 Å². The first-order valence-electron chi connectivity index (χ1n) is 6.61. The minimum absolute atomic E-state index is 0.209. The molecule has 1 heterocycles. The summed E-state index contributed by atoms with van der Waals surface area (Å²) in [5, 5.41) is 11.5. The van der Waals surface area contributed by atoms with Gasteiger partial charge in [-0.15, -0.1) is 0 Å². The highest BCUT2D eigenvalue weighted by Gasteiger charge is 2.42. The largest absolute Gasteiger partial charge is 0.480 e. The van der Waals surface area contributed by atoms with E-state index < -0.39 is 34.7 Å². The van der Waals surface area contributed by atoms with Gasteiger partial charge in [0.15, 0.2) is 0 Å². The van der Waals surface area contributed by atoms with Gasteiger partial charge in [-0.25, -0.2) is 0 Å². The Hall–Kier alpha value is -1.19. The monoisotopic (exact) mass is 307 g/mol. The zero-order valence-electron chi connectivity index (χ0n) is 11.7. The van der Waals surface area contributed by atoms with E-state index in [2.05, 4.69) is 5.32 Å². The Bertz CT molecular complexity index is 459. The molecule has 0 saturated carbocycles. The SMILES string of the molecule is CCCN(CCC)S(=O)(=O)N1CC(=O)NCC1C(=O)O. The molecule has 1 aliphatic rings. The van der Waals surface area contributed by atoms with E-state index in [0.29, 0.717) is 25.9 Å². The maximum atomic E-state index is 12.5. The van der Waals surface area contributed by atoms with Crippen LogP contribution in [-0.4, -0.2) is 66.2 Å². The molecular weight excluding hydrogens is 286 g/mol. The van der Waals surface area contributed by atoms with E-state index in [1.165, 1.54) is 4.31 Å². The quantitative estimate of drug-likeness (QED) is 0.643. The van der Waals surface area contributed by atoms with Gasteiger partial charge in [-0.3, -0.25) is 9.59 Å². The second kappa shape index (κ2) is 7.00. The van der Waals surface area contributed by atoms with Gasteiger partial charge in [-0.2, -0.15) is 17.0 Å². The summed E-state index contributed by atoms with van der Waals surface area (Å²) in [6, 6.07) is -1.26. The predicted molar refractivity (Wildman–Crippen MR) is 72.2 cm³/mol. The van der Waals surface area contributed by atoms with Gasteiger partial charge < -0.3 is 10.4 Å². The molecule has 1 rings (SSSR count). The second-order valence-electron chi connectivity index (χ2n) is 4.61. The molecular formula is C11H21N3O5S. The molecule has 116 valence electrons. The Morgan fingerprint density at radius 2 is 1.95 bits per heavy atom. The van der Waals surface area contributed by atoms with Crippen molar-refractivity contribution in [2.24, 2.45) is 0 Å². The number of rotatable bonds is 7. The van der Waals surface area contributed by atoms with E-state index in [1.54, 1.807) is 0 Å². The van der Waals surface area contributed by atoms with Gasteiger partial charge in [0.1, 0.15) is 6.04 Å². The van der Waals surface area contributed by atoms with Crippen LogP contribution in [0.25, 0.3) is 0 Å². The van der Waals surface area contributed by atoms with Gasteiger partial charge in [0, 0.05) is 19.6 Å². The third-order valence-corrected chi connectivity index (χ3v) is 4.99. The van der Waals surface area contributed by atoms with E-state index in [9.17, 15) is 18.0 Å². The zero-order valence-corrected chi connectivity index (χ0v) is 12.5. The normalized spacial score (nSPS) is 20.9. The molecule has 20 heavy (non-hydrogen) atoms. The number of carboxylic acid groups (broad SMARTS) is 1. The van der Waals surface area contributed by atoms with E-state index in [4.69, 9.17) is 5.11 Å². The molecule has 1 amide bonds. The number of aliphatic carboxylic acids is 1. The molecule has 0 aromatic heterocycles. The molecule has 2 N–H and O–H groups in total. The highest BCUT2D eigenvalue weighted by atomic mass is 32.2. The maximum absolute atomic E-state index is 12.5. The van der Waals surface area contributed by atoms with Crippen LogP contribution in [0.4, 0.5) is 0 Å². The van der Waals surface area contributed by atoms with Crippen molar-refractivity contribution in [2.75, 3.05) is 26.2 Å². The molecule has 8 nitrogen and oxygen atoms in total. The van der Waals surface area contributed by atoms with Crippen molar-refractivity contribution in [3.8, 4) is 0 Å². The van der Waals surface area contributed by atoms with Crippen LogP contribution in [0, 0.1) is 0 Å². The summed E-state index contributed by atoms with van der Waals surface area (Å²) in [6.07, 6.45) is 1.24. The zero-order chi connectivity index (χ0) is 15.3. The first kappa shape index (κ1) is 16.9. The fourth-order valence-electron chi connectivity index (χ4n) is 2.06. The fraction of sp³-hybridized carbons (Fsp3) is 0.818. The van der Waals surface area contributed by atoms with Crippen LogP contribution in [0.15, 0.2) is 0 Å². The summed E-state index contributed by atoms with van der Waals surface area (Å²) in [5.41, 5.74) is 0. The first-order chi connectivity index (χ1) is 9.34. The molecule has 0 aliphatic carbocycles. The third kappa shape index (κ3) is 3.68. The first-order valence-corrected chi connectivity index (χ1v) is 8.00. The van der Waals surface area contributed by atoms with Crippen LogP contribution in [0.3, 0.4) is 0 Å². The van der Waals surface area contributed by atoms with Crippen LogP contribution >= 0.6 is 0 Å². The Kier molecular flexibility index (Phi) is 5.90. The molecule has 0 spiro atoms. The average Bonchev–Trinajstić information content (AvgIpc) is 2.38. The van der Waals surface area contributed by atoms with Crippen molar-refractivity contribution < 1.29 is 23.1 Å². The molecule has 1 unspecified atom stereocenters. The molecule has 0 aromatic carbocycles. The molecule has 0 radical (unpaired) electrons. The molecule has 1 fully saturated rings. The number of hydrogen-bond acceptors (Lipinski definition) is 4. The van der Waals surface area contributed by atoms with Gasteiger partial charge in [-0.05, 0) is 12.8 Å². The van der Waals surface area contributed by atoms with E-state index in [-0.39, 0.29) is 6.54 Å². The van der Waals surface area contributed by atoms with Gasteiger partial charge in [0.05, 0.1) is 6.54 Å². The van der Waals surface area contributed by atoms with Crippen LogP contribution < -0.4 is 5.32 Å². The van der Waals surface area contributed by atoms with Crippen molar-refractivity contribution in [1.82, 2.24) is 13.9 Å². The number of amides is 1. The summed E-state index contributed by atoms with van der Waals surface area (Å²) >= 11 is 0. The fourth-order valence-corrected chi connectivity index (χ4v) is 3.95. The van der Waals surface area contributed by atoms with E-state index >= 15 is 0 Å². The number of piperazine rings is 1. The highest BCUT2D eigenvalue weighted by Crippen LogP contribution is 2.16. The van der Waals surface area contributed by atoms with Gasteiger partial charge in [0.2, 0.25) is 5.91 Å². The minimum Gasteiger partial charge on any atom is -0.480 e. The average molecular weight is 307 g/mol. The molecule has 9 heteroatoms. The Morgan fingerprint density at radius 3 is 2.40 bits per heavy atom. The standard InChI is InChI=1S/C11H21N3O5S/c1-3-5-13(6-4-2)20(18,19)14-8-10(15)12-7-9(14)11(16)17/h9H,3-8H2,1-2H3,(H,12,15)(H,16,17). The Morgan fingerprint density at radius 1 is 1.40 bits per heavy atom. The van der Waals surface area contributed by atoms with Gasteiger partial charge >= 0.3 is 5.97 Å². The summed E-state index contributed by atoms with van der Waals surface area (Å²) in [7, 11) is -3.95. The molecule has 1 saturated heterocycles. The number of hydrogen-bond donors (Lipinski definition) is 2. The maximum Gasteiger partial charge on any atom is 0.323 e. The van der Waals surface area contributed by atoms with Gasteiger partial charge in [0.25, 0.3) is 10.2 Å². The van der Waals surface area contributed by atoms with Gasteiger partial charge in [-0.1, -0.05) is 13.8 Å². The summed E-state index contributed by atoms with van der Waals surface area (Å²) in [4.78, 5) is 22.6. The van der Waals surface area contributed by atoms with Crippen LogP contribution in [-0.2, 0) is 19.8 Å². The smallest absolute Gasteiger partial charge is 0.323 e. The van der Waals surface area contributed by atoms with E-state index in [1.807, 2.05) is 13.8 Å². The third-order valence-electron chi connectivity index (χ3n) is 2.99. The van der Waals surface area contributed by atoms with Crippen LogP contribution in [0.5, 0.6) is 0 Å². The topological polar surface area (TPSA) is 107 Å². The highest BCUT2D eigenvalue weighted by molar-refractivity contribution is 7.86. The second-order valence-corrected chi connectivity index (χ2v) is 6.49. The molecule has 0 aromatic rings. The molecule has 1 aliphatic heterocycles. The molecule has 0 bridgehead atoms. The Balaban J connectivity index is 3.06. The molecule has 1 atom stereocenters. The number of carbonyl (C=O) groups excluding carboxylic acids is 1. The summed E-state index contributed by atoms with van der Waals surface area (Å²) in [5.74, 6) is -1.75. The van der Waals surface area contributed by atoms with Crippen LogP contribution in [0.2, 0.25) is 0 Å².